The van der Waals surface area contributed by atoms with Crippen molar-refractivity contribution in [2.24, 2.45) is 0 Å². The molecule has 368 valence electrons. The van der Waals surface area contributed by atoms with Gasteiger partial charge in [0.2, 0.25) is 0 Å². The Labute approximate surface area is 374 Å². The SMILES string of the molecule is CCCCCCCCCCCCCCCCCCCCCCCCOCC(COC1OC(COC2OC(CO)C(O)C(O)C2O)C(O)C(O)C1O)OC(=O)CCCCCCCC. The highest BCUT2D eigenvalue weighted by Gasteiger charge is 2.47. The topological polar surface area (TPSA) is 214 Å². The highest BCUT2D eigenvalue weighted by molar-refractivity contribution is 5.69. The van der Waals surface area contributed by atoms with E-state index in [1.54, 1.807) is 0 Å². The molecular weight excluding hydrogens is 801 g/mol. The van der Waals surface area contributed by atoms with Crippen LogP contribution in [0.5, 0.6) is 0 Å². The lowest BCUT2D eigenvalue weighted by molar-refractivity contribution is -0.332. The molecule has 7 N–H and O–H groups in total. The van der Waals surface area contributed by atoms with Crippen LogP contribution >= 0.6 is 0 Å². The smallest absolute Gasteiger partial charge is 0.306 e. The molecule has 14 heteroatoms. The summed E-state index contributed by atoms with van der Waals surface area (Å²) in [7, 11) is 0. The Morgan fingerprint density at radius 1 is 0.468 bits per heavy atom. The van der Waals surface area contributed by atoms with E-state index in [0.717, 1.165) is 44.9 Å². The average molecular weight is 893 g/mol. The maximum atomic E-state index is 12.8. The summed E-state index contributed by atoms with van der Waals surface area (Å²) in [4.78, 5) is 12.8. The third-order valence-corrected chi connectivity index (χ3v) is 12.4. The fourth-order valence-electron chi connectivity index (χ4n) is 8.23. The third kappa shape index (κ3) is 25.0. The zero-order valence-electron chi connectivity index (χ0n) is 38.9. The second-order valence-corrected chi connectivity index (χ2v) is 18.0. The van der Waals surface area contributed by atoms with E-state index in [1.165, 1.54) is 128 Å². The van der Waals surface area contributed by atoms with Crippen LogP contribution in [0.25, 0.3) is 0 Å². The summed E-state index contributed by atoms with van der Waals surface area (Å²) in [5.74, 6) is -0.381. The Balaban J connectivity index is 1.65. The van der Waals surface area contributed by atoms with Gasteiger partial charge in [-0.2, -0.15) is 0 Å². The number of unbranched alkanes of at least 4 members (excludes halogenated alkanes) is 26. The van der Waals surface area contributed by atoms with Gasteiger partial charge in [-0.3, -0.25) is 4.79 Å². The summed E-state index contributed by atoms with van der Waals surface area (Å²) in [6.45, 7) is 3.65. The van der Waals surface area contributed by atoms with Gasteiger partial charge in [0, 0.05) is 13.0 Å². The molecule has 0 bridgehead atoms. The monoisotopic (exact) mass is 893 g/mol. The van der Waals surface area contributed by atoms with Gasteiger partial charge < -0.3 is 64.2 Å². The van der Waals surface area contributed by atoms with E-state index in [9.17, 15) is 40.5 Å². The van der Waals surface area contributed by atoms with Gasteiger partial charge in [-0.25, -0.2) is 0 Å². The molecule has 0 saturated carbocycles. The van der Waals surface area contributed by atoms with Crippen LogP contribution in [0.1, 0.15) is 200 Å². The Morgan fingerprint density at radius 3 is 1.31 bits per heavy atom. The summed E-state index contributed by atoms with van der Waals surface area (Å²) in [6, 6.07) is 0. The number of hydrogen-bond donors (Lipinski definition) is 7. The number of ether oxygens (including phenoxy) is 6. The molecule has 2 heterocycles. The summed E-state index contributed by atoms with van der Waals surface area (Å²) in [5.41, 5.74) is 0. The highest BCUT2D eigenvalue weighted by Crippen LogP contribution is 2.26. The van der Waals surface area contributed by atoms with Gasteiger partial charge in [0.25, 0.3) is 0 Å². The first-order chi connectivity index (χ1) is 30.1. The molecule has 0 spiro atoms. The number of carbonyl (C=O) groups is 1. The van der Waals surface area contributed by atoms with Gasteiger partial charge in [-0.15, -0.1) is 0 Å². The van der Waals surface area contributed by atoms with Crippen molar-refractivity contribution in [1.82, 2.24) is 0 Å². The molecule has 11 unspecified atom stereocenters. The maximum Gasteiger partial charge on any atom is 0.306 e. The molecule has 2 aliphatic rings. The van der Waals surface area contributed by atoms with Crippen molar-refractivity contribution in [3.63, 3.8) is 0 Å². The zero-order chi connectivity index (χ0) is 45.2. The van der Waals surface area contributed by atoms with Crippen molar-refractivity contribution in [1.29, 1.82) is 0 Å². The van der Waals surface area contributed by atoms with Crippen LogP contribution in [-0.4, -0.2) is 142 Å². The predicted octanol–water partition coefficient (Wildman–Crippen LogP) is 6.91. The molecule has 14 nitrogen and oxygen atoms in total. The Bertz CT molecular complexity index is 1040. The minimum absolute atomic E-state index is 0.0686. The van der Waals surface area contributed by atoms with Gasteiger partial charge in [0.1, 0.15) is 54.9 Å². The molecule has 2 fully saturated rings. The number of aliphatic hydroxyl groups is 7. The van der Waals surface area contributed by atoms with Crippen molar-refractivity contribution in [2.75, 3.05) is 33.0 Å². The van der Waals surface area contributed by atoms with Gasteiger partial charge in [0.15, 0.2) is 12.6 Å². The van der Waals surface area contributed by atoms with Gasteiger partial charge in [-0.1, -0.05) is 181 Å². The molecular formula is C48H92O14. The largest absolute Gasteiger partial charge is 0.457 e. The van der Waals surface area contributed by atoms with Crippen LogP contribution < -0.4 is 0 Å². The molecule has 0 aliphatic carbocycles. The first-order valence-electron chi connectivity index (χ1n) is 25.1. The number of esters is 1. The molecule has 0 aromatic heterocycles. The van der Waals surface area contributed by atoms with Crippen LogP contribution in [0.3, 0.4) is 0 Å². The molecule has 2 aliphatic heterocycles. The fraction of sp³-hybridized carbons (Fsp3) is 0.979. The fourth-order valence-corrected chi connectivity index (χ4v) is 8.23. The minimum Gasteiger partial charge on any atom is -0.457 e. The van der Waals surface area contributed by atoms with Crippen molar-refractivity contribution in [3.05, 3.63) is 0 Å². The Kier molecular flexibility index (Phi) is 34.2. The average Bonchev–Trinajstić information content (AvgIpc) is 3.27. The van der Waals surface area contributed by atoms with Crippen molar-refractivity contribution >= 4 is 5.97 Å². The third-order valence-electron chi connectivity index (χ3n) is 12.4. The van der Waals surface area contributed by atoms with Crippen LogP contribution in [-0.2, 0) is 33.2 Å². The second kappa shape index (κ2) is 37.1. The highest BCUT2D eigenvalue weighted by atomic mass is 16.7. The van der Waals surface area contributed by atoms with Crippen molar-refractivity contribution in [3.8, 4) is 0 Å². The zero-order valence-corrected chi connectivity index (χ0v) is 38.9. The van der Waals surface area contributed by atoms with E-state index in [2.05, 4.69) is 13.8 Å². The van der Waals surface area contributed by atoms with Gasteiger partial charge >= 0.3 is 5.97 Å². The summed E-state index contributed by atoms with van der Waals surface area (Å²) in [5, 5.41) is 71.8. The number of hydrogen-bond acceptors (Lipinski definition) is 14. The normalized spacial score (nSPS) is 27.1. The lowest BCUT2D eigenvalue weighted by Crippen LogP contribution is -2.61. The van der Waals surface area contributed by atoms with Crippen LogP contribution in [0, 0.1) is 0 Å². The van der Waals surface area contributed by atoms with Gasteiger partial charge in [0.05, 0.1) is 26.4 Å². The van der Waals surface area contributed by atoms with Gasteiger partial charge in [-0.05, 0) is 12.8 Å². The lowest BCUT2D eigenvalue weighted by Gasteiger charge is -2.42. The van der Waals surface area contributed by atoms with Crippen LogP contribution in [0.4, 0.5) is 0 Å². The molecule has 0 aromatic rings. The number of carbonyl (C=O) groups excluding carboxylic acids is 1. The van der Waals surface area contributed by atoms with E-state index in [-0.39, 0.29) is 25.6 Å². The predicted molar refractivity (Wildman–Crippen MR) is 238 cm³/mol. The first kappa shape index (κ1) is 57.1. The Morgan fingerprint density at radius 2 is 0.855 bits per heavy atom. The van der Waals surface area contributed by atoms with Crippen LogP contribution in [0.15, 0.2) is 0 Å². The van der Waals surface area contributed by atoms with Crippen molar-refractivity contribution < 1.29 is 69.0 Å². The lowest BCUT2D eigenvalue weighted by atomic mass is 9.98. The van der Waals surface area contributed by atoms with E-state index in [0.29, 0.717) is 13.0 Å². The van der Waals surface area contributed by atoms with Crippen LogP contribution in [0.2, 0.25) is 0 Å². The van der Waals surface area contributed by atoms with E-state index >= 15 is 0 Å². The molecule has 2 saturated heterocycles. The molecule has 0 amide bonds. The number of aliphatic hydroxyl groups excluding tert-OH is 7. The Hall–Kier alpha value is -1.01. The maximum absolute atomic E-state index is 12.8. The van der Waals surface area contributed by atoms with E-state index < -0.39 is 80.7 Å². The summed E-state index contributed by atoms with van der Waals surface area (Å²) < 4.78 is 34.1. The quantitative estimate of drug-likeness (QED) is 0.0246. The van der Waals surface area contributed by atoms with Crippen molar-refractivity contribution in [2.45, 2.75) is 268 Å². The van der Waals surface area contributed by atoms with E-state index in [1.807, 2.05) is 0 Å². The molecule has 0 aromatic carbocycles. The molecule has 0 radical (unpaired) electrons. The minimum atomic E-state index is -1.70. The standard InChI is InChI=1S/C48H92O14/c1-3-5-7-9-11-12-13-14-15-16-17-18-19-20-21-22-23-24-25-26-28-30-32-57-34-37(60-40(50)31-29-27-10-8-6-4-2)35-58-47-46(56)44(54)42(52)39(62-47)36-59-48-45(55)43(53)41(51)38(33-49)61-48/h37-39,41-49,51-56H,3-36H2,1-2H3. The number of rotatable bonds is 40. The summed E-state index contributed by atoms with van der Waals surface area (Å²) in [6.07, 6.45) is 19.4. The second-order valence-electron chi connectivity index (χ2n) is 18.0. The van der Waals surface area contributed by atoms with E-state index in [4.69, 9.17) is 28.4 Å². The molecule has 11 atom stereocenters. The molecule has 62 heavy (non-hydrogen) atoms. The summed E-state index contributed by atoms with van der Waals surface area (Å²) >= 11 is 0. The molecule has 2 rings (SSSR count). The first-order valence-corrected chi connectivity index (χ1v) is 25.1.